The molecule has 0 saturated carbocycles. The van der Waals surface area contributed by atoms with Crippen molar-refractivity contribution < 1.29 is 47.6 Å². The number of ether oxygens (including phenoxy) is 6. The summed E-state index contributed by atoms with van der Waals surface area (Å²) in [6, 6.07) is 27.3. The minimum Gasteiger partial charge on any atom is -0.494 e. The summed E-state index contributed by atoms with van der Waals surface area (Å²) in [4.78, 5) is 49.9. The number of hydrogen-bond acceptors (Lipinski definition) is 10. The molecule has 0 aliphatic rings. The first kappa shape index (κ1) is 52.5. The number of carbonyl (C=O) groups excluding carboxylic acids is 4. The normalized spacial score (nSPS) is 11.1. The second-order valence-corrected chi connectivity index (χ2v) is 16.3. The van der Waals surface area contributed by atoms with Crippen LogP contribution in [0.4, 0.5) is 0 Å². The third-order valence-electron chi connectivity index (χ3n) is 10.7. The van der Waals surface area contributed by atoms with Gasteiger partial charge in [0.15, 0.2) is 0 Å². The van der Waals surface area contributed by atoms with Crippen LogP contribution in [0, 0.1) is 0 Å². The van der Waals surface area contributed by atoms with Gasteiger partial charge in [0.1, 0.15) is 23.0 Å². The summed E-state index contributed by atoms with van der Waals surface area (Å²) < 4.78 is 33.2. The van der Waals surface area contributed by atoms with Crippen LogP contribution in [0.3, 0.4) is 0 Å². The SMILES string of the molecule is CCCCCCCCCCOc1ccc(/C=C/C(=O)Oc2ccc(C(=O)OCCCCOC(=O)c3ccc(OC(=O)/C=C/c4ccc(OCCCCCCCCCC)cc4)cc3)cc2)cc1. The van der Waals surface area contributed by atoms with E-state index in [-0.39, 0.29) is 13.2 Å². The predicted molar refractivity (Wildman–Crippen MR) is 261 cm³/mol. The summed E-state index contributed by atoms with van der Waals surface area (Å²) in [6.45, 7) is 6.13. The summed E-state index contributed by atoms with van der Waals surface area (Å²) in [5, 5.41) is 0. The van der Waals surface area contributed by atoms with Crippen molar-refractivity contribution in [2.45, 2.75) is 129 Å². The lowest BCUT2D eigenvalue weighted by Crippen LogP contribution is -2.10. The van der Waals surface area contributed by atoms with Crippen LogP contribution in [-0.4, -0.2) is 50.3 Å². The van der Waals surface area contributed by atoms with Gasteiger partial charge in [-0.15, -0.1) is 0 Å². The van der Waals surface area contributed by atoms with Gasteiger partial charge in [-0.1, -0.05) is 128 Å². The zero-order chi connectivity index (χ0) is 46.9. The predicted octanol–water partition coefficient (Wildman–Crippen LogP) is 13.8. The average molecular weight is 903 g/mol. The van der Waals surface area contributed by atoms with Crippen LogP contribution in [0.5, 0.6) is 23.0 Å². The molecule has 4 aromatic rings. The molecule has 4 aromatic carbocycles. The minimum absolute atomic E-state index is 0.137. The van der Waals surface area contributed by atoms with Gasteiger partial charge in [0.05, 0.1) is 37.6 Å². The van der Waals surface area contributed by atoms with E-state index < -0.39 is 23.9 Å². The molecule has 0 aliphatic heterocycles. The van der Waals surface area contributed by atoms with Crippen molar-refractivity contribution in [2.75, 3.05) is 26.4 Å². The second kappa shape index (κ2) is 32.5. The molecule has 0 N–H and O–H groups in total. The standard InChI is InChI=1S/C56H70O10/c1-3-5-7-9-11-13-15-17-41-61-49-31-21-45(22-32-49)25-39-53(57)65-51-35-27-47(28-36-51)55(59)63-43-19-20-44-64-56(60)48-29-37-52(38-30-48)66-54(58)40-26-46-23-33-50(34-24-46)62-42-18-16-14-12-10-8-6-4-2/h21-40H,3-20,41-44H2,1-2H3/b39-25+,40-26+. The lowest BCUT2D eigenvalue weighted by molar-refractivity contribution is -0.129. The Morgan fingerprint density at radius 2 is 0.667 bits per heavy atom. The van der Waals surface area contributed by atoms with Crippen LogP contribution in [0.15, 0.2) is 109 Å². The fourth-order valence-electron chi connectivity index (χ4n) is 6.85. The van der Waals surface area contributed by atoms with Crippen molar-refractivity contribution in [2.24, 2.45) is 0 Å². The van der Waals surface area contributed by atoms with Gasteiger partial charge in [0.2, 0.25) is 0 Å². The van der Waals surface area contributed by atoms with Gasteiger partial charge >= 0.3 is 23.9 Å². The molecule has 0 amide bonds. The molecule has 0 aromatic heterocycles. The fraction of sp³-hybridized carbons (Fsp3) is 0.429. The van der Waals surface area contributed by atoms with Gasteiger partial charge in [-0.25, -0.2) is 19.2 Å². The third kappa shape index (κ3) is 22.6. The Labute approximate surface area is 392 Å². The summed E-state index contributed by atoms with van der Waals surface area (Å²) in [7, 11) is 0. The van der Waals surface area contributed by atoms with Crippen molar-refractivity contribution in [3.63, 3.8) is 0 Å². The highest BCUT2D eigenvalue weighted by Crippen LogP contribution is 2.19. The highest BCUT2D eigenvalue weighted by molar-refractivity contribution is 5.91. The van der Waals surface area contributed by atoms with Gasteiger partial charge in [0, 0.05) is 12.2 Å². The zero-order valence-electron chi connectivity index (χ0n) is 39.2. The molecular weight excluding hydrogens is 833 g/mol. The topological polar surface area (TPSA) is 124 Å². The number of esters is 4. The number of carbonyl (C=O) groups is 4. The molecule has 0 radical (unpaired) electrons. The van der Waals surface area contributed by atoms with E-state index in [0.717, 1.165) is 35.5 Å². The highest BCUT2D eigenvalue weighted by atomic mass is 16.5. The van der Waals surface area contributed by atoms with Crippen molar-refractivity contribution in [3.05, 3.63) is 131 Å². The van der Waals surface area contributed by atoms with Crippen LogP contribution >= 0.6 is 0 Å². The molecule has 0 aliphatic carbocycles. The summed E-state index contributed by atoms with van der Waals surface area (Å²) in [5.41, 5.74) is 2.30. The molecular formula is C56H70O10. The molecule has 10 nitrogen and oxygen atoms in total. The van der Waals surface area contributed by atoms with Gasteiger partial charge in [-0.2, -0.15) is 0 Å². The van der Waals surface area contributed by atoms with Gasteiger partial charge < -0.3 is 28.4 Å². The third-order valence-corrected chi connectivity index (χ3v) is 10.7. The Bertz CT molecular complexity index is 1890. The molecule has 0 unspecified atom stereocenters. The molecule has 10 heteroatoms. The zero-order valence-corrected chi connectivity index (χ0v) is 39.2. The van der Waals surface area contributed by atoms with E-state index in [4.69, 9.17) is 28.4 Å². The molecule has 0 heterocycles. The van der Waals surface area contributed by atoms with Gasteiger partial charge in [0.25, 0.3) is 0 Å². The first-order chi connectivity index (χ1) is 32.3. The van der Waals surface area contributed by atoms with Gasteiger partial charge in [-0.3, -0.25) is 0 Å². The lowest BCUT2D eigenvalue weighted by Gasteiger charge is -2.08. The number of unbranched alkanes of at least 4 members (excludes halogenated alkanes) is 15. The second-order valence-electron chi connectivity index (χ2n) is 16.3. The molecule has 0 fully saturated rings. The number of hydrogen-bond donors (Lipinski definition) is 0. The quantitative estimate of drug-likeness (QED) is 0.0197. The maximum absolute atomic E-state index is 12.5. The van der Waals surface area contributed by atoms with E-state index in [0.29, 0.717) is 48.7 Å². The summed E-state index contributed by atoms with van der Waals surface area (Å²) >= 11 is 0. The molecule has 0 atom stereocenters. The maximum atomic E-state index is 12.5. The van der Waals surface area contributed by atoms with E-state index in [1.807, 2.05) is 48.5 Å². The maximum Gasteiger partial charge on any atom is 0.338 e. The van der Waals surface area contributed by atoms with Crippen LogP contribution in [0.25, 0.3) is 12.2 Å². The minimum atomic E-state index is -0.546. The Morgan fingerprint density at radius 3 is 1.02 bits per heavy atom. The lowest BCUT2D eigenvalue weighted by atomic mass is 10.1. The monoisotopic (exact) mass is 902 g/mol. The number of rotatable bonds is 33. The highest BCUT2D eigenvalue weighted by Gasteiger charge is 2.11. The smallest absolute Gasteiger partial charge is 0.338 e. The van der Waals surface area contributed by atoms with Crippen LogP contribution in [0.2, 0.25) is 0 Å². The van der Waals surface area contributed by atoms with Crippen LogP contribution in [0.1, 0.15) is 161 Å². The molecule has 0 saturated heterocycles. The van der Waals surface area contributed by atoms with Crippen LogP contribution in [-0.2, 0) is 19.1 Å². The van der Waals surface area contributed by atoms with E-state index in [1.54, 1.807) is 12.2 Å². The summed E-state index contributed by atoms with van der Waals surface area (Å²) in [6.07, 6.45) is 27.1. The first-order valence-electron chi connectivity index (χ1n) is 24.1. The van der Waals surface area contributed by atoms with E-state index in [1.165, 1.54) is 151 Å². The van der Waals surface area contributed by atoms with Crippen LogP contribution < -0.4 is 18.9 Å². The largest absolute Gasteiger partial charge is 0.494 e. The van der Waals surface area contributed by atoms with Crippen molar-refractivity contribution in [1.29, 1.82) is 0 Å². The molecule has 354 valence electrons. The number of benzene rings is 4. The van der Waals surface area contributed by atoms with Crippen molar-refractivity contribution >= 4 is 36.0 Å². The Balaban J connectivity index is 1.03. The molecule has 66 heavy (non-hydrogen) atoms. The van der Waals surface area contributed by atoms with E-state index in [9.17, 15) is 19.2 Å². The molecule has 4 rings (SSSR count). The van der Waals surface area contributed by atoms with Crippen molar-refractivity contribution in [1.82, 2.24) is 0 Å². The van der Waals surface area contributed by atoms with E-state index in [2.05, 4.69) is 13.8 Å². The van der Waals surface area contributed by atoms with Crippen molar-refractivity contribution in [3.8, 4) is 23.0 Å². The molecule has 0 spiro atoms. The van der Waals surface area contributed by atoms with E-state index >= 15 is 0 Å². The first-order valence-corrected chi connectivity index (χ1v) is 24.1. The average Bonchev–Trinajstić information content (AvgIpc) is 3.33. The Kier molecular flexibility index (Phi) is 25.8. The summed E-state index contributed by atoms with van der Waals surface area (Å²) in [5.74, 6) is 0.0659. The fourth-order valence-corrected chi connectivity index (χ4v) is 6.85. The Hall–Kier alpha value is -6.16. The van der Waals surface area contributed by atoms with Gasteiger partial charge in [-0.05, 0) is 122 Å². The molecule has 0 bridgehead atoms. The Morgan fingerprint density at radius 1 is 0.364 bits per heavy atom.